The number of aromatic nitrogens is 3. The van der Waals surface area contributed by atoms with Gasteiger partial charge in [-0.2, -0.15) is 0 Å². The first kappa shape index (κ1) is 16.2. The fourth-order valence-electron chi connectivity index (χ4n) is 3.38. The summed E-state index contributed by atoms with van der Waals surface area (Å²) in [7, 11) is 0. The number of nitrogens with zero attached hydrogens (tertiary/aromatic N) is 5. The Labute approximate surface area is 150 Å². The van der Waals surface area contributed by atoms with Crippen LogP contribution in [0.3, 0.4) is 0 Å². The van der Waals surface area contributed by atoms with E-state index in [1.54, 1.807) is 42.9 Å². The van der Waals surface area contributed by atoms with Crippen LogP contribution in [0.2, 0.25) is 0 Å². The summed E-state index contributed by atoms with van der Waals surface area (Å²) in [5, 5.41) is 15.3. The molecule has 0 spiro atoms. The van der Waals surface area contributed by atoms with E-state index in [1.165, 1.54) is 6.07 Å². The number of anilines is 2. The monoisotopic (exact) mass is 350 g/mol. The number of nitro benzene ring substituents is 1. The largest absolute Gasteiger partial charge is 0.379 e. The molecular formula is C18H18N6O2. The highest BCUT2D eigenvalue weighted by atomic mass is 16.6. The van der Waals surface area contributed by atoms with Crippen LogP contribution in [0.25, 0.3) is 10.9 Å². The van der Waals surface area contributed by atoms with E-state index in [-0.39, 0.29) is 16.7 Å². The van der Waals surface area contributed by atoms with E-state index < -0.39 is 0 Å². The summed E-state index contributed by atoms with van der Waals surface area (Å²) in [6.07, 6.45) is 7.17. The van der Waals surface area contributed by atoms with Crippen LogP contribution < -0.4 is 10.2 Å². The van der Waals surface area contributed by atoms with Crippen LogP contribution >= 0.6 is 0 Å². The molecule has 8 nitrogen and oxygen atoms in total. The number of rotatable bonds is 4. The molecule has 1 aliphatic heterocycles. The first-order valence-corrected chi connectivity index (χ1v) is 8.53. The van der Waals surface area contributed by atoms with Crippen molar-refractivity contribution < 1.29 is 4.92 Å². The highest BCUT2D eigenvalue weighted by Crippen LogP contribution is 2.31. The van der Waals surface area contributed by atoms with Crippen molar-refractivity contribution in [3.05, 3.63) is 59.0 Å². The number of piperidine rings is 1. The number of pyridine rings is 1. The maximum atomic E-state index is 11.3. The maximum absolute atomic E-state index is 11.3. The Kier molecular flexibility index (Phi) is 4.30. The zero-order chi connectivity index (χ0) is 17.9. The lowest BCUT2D eigenvalue weighted by molar-refractivity contribution is -0.383. The van der Waals surface area contributed by atoms with Crippen LogP contribution in [0.15, 0.2) is 48.9 Å². The van der Waals surface area contributed by atoms with Crippen molar-refractivity contribution >= 4 is 28.2 Å². The van der Waals surface area contributed by atoms with Gasteiger partial charge >= 0.3 is 0 Å². The van der Waals surface area contributed by atoms with Gasteiger partial charge in [0.2, 0.25) is 5.95 Å². The van der Waals surface area contributed by atoms with Crippen molar-refractivity contribution in [1.29, 1.82) is 0 Å². The van der Waals surface area contributed by atoms with Gasteiger partial charge < -0.3 is 10.2 Å². The number of nitrogens with one attached hydrogen (secondary N) is 1. The Morgan fingerprint density at radius 2 is 1.92 bits per heavy atom. The minimum absolute atomic E-state index is 0.0709. The molecule has 3 aromatic rings. The molecule has 1 fully saturated rings. The Bertz CT molecular complexity index is 933. The predicted octanol–water partition coefficient (Wildman–Crippen LogP) is 3.01. The van der Waals surface area contributed by atoms with Gasteiger partial charge in [0.25, 0.3) is 5.69 Å². The van der Waals surface area contributed by atoms with Crippen molar-refractivity contribution in [2.75, 3.05) is 23.3 Å². The maximum Gasteiger partial charge on any atom is 0.278 e. The van der Waals surface area contributed by atoms with Gasteiger partial charge in [-0.15, -0.1) is 0 Å². The van der Waals surface area contributed by atoms with Gasteiger partial charge in [-0.05, 0) is 37.1 Å². The average Bonchev–Trinajstić information content (AvgIpc) is 2.69. The van der Waals surface area contributed by atoms with Crippen LogP contribution in [-0.2, 0) is 0 Å². The molecular weight excluding hydrogens is 332 g/mol. The van der Waals surface area contributed by atoms with Crippen molar-refractivity contribution in [1.82, 2.24) is 15.0 Å². The molecule has 8 heteroatoms. The quantitative estimate of drug-likeness (QED) is 0.570. The minimum Gasteiger partial charge on any atom is -0.379 e. The van der Waals surface area contributed by atoms with Gasteiger partial charge in [0.05, 0.1) is 16.0 Å². The molecule has 1 aromatic carbocycles. The molecule has 132 valence electrons. The third-order valence-corrected chi connectivity index (χ3v) is 4.56. The third kappa shape index (κ3) is 3.13. The Morgan fingerprint density at radius 1 is 1.12 bits per heavy atom. The van der Waals surface area contributed by atoms with Gasteiger partial charge in [0, 0.05) is 43.8 Å². The SMILES string of the molecule is O=[N+]([O-])c1ccc(N[C@@H]2CCCN(c3ncccn3)C2)c2ncccc12. The van der Waals surface area contributed by atoms with E-state index in [4.69, 9.17) is 0 Å². The zero-order valence-electron chi connectivity index (χ0n) is 14.1. The van der Waals surface area contributed by atoms with Crippen molar-refractivity contribution in [3.63, 3.8) is 0 Å². The molecule has 26 heavy (non-hydrogen) atoms. The van der Waals surface area contributed by atoms with Crippen LogP contribution in [0.4, 0.5) is 17.3 Å². The molecule has 0 radical (unpaired) electrons. The summed E-state index contributed by atoms with van der Waals surface area (Å²) in [5.41, 5.74) is 1.50. The van der Waals surface area contributed by atoms with Crippen LogP contribution in [0, 0.1) is 10.1 Å². The number of nitro groups is 1. The molecule has 0 unspecified atom stereocenters. The second-order valence-electron chi connectivity index (χ2n) is 6.27. The second kappa shape index (κ2) is 6.91. The summed E-state index contributed by atoms with van der Waals surface area (Å²) < 4.78 is 0. The molecule has 1 aliphatic rings. The lowest BCUT2D eigenvalue weighted by atomic mass is 10.0. The van der Waals surface area contributed by atoms with E-state index in [0.717, 1.165) is 37.6 Å². The second-order valence-corrected chi connectivity index (χ2v) is 6.27. The molecule has 0 bridgehead atoms. The van der Waals surface area contributed by atoms with Crippen molar-refractivity contribution in [2.45, 2.75) is 18.9 Å². The minimum atomic E-state index is -0.372. The first-order chi connectivity index (χ1) is 12.7. The molecule has 1 saturated heterocycles. The first-order valence-electron chi connectivity index (χ1n) is 8.53. The summed E-state index contributed by atoms with van der Waals surface area (Å²) >= 11 is 0. The number of hydrogen-bond acceptors (Lipinski definition) is 7. The predicted molar refractivity (Wildman–Crippen MR) is 99.3 cm³/mol. The number of hydrogen-bond donors (Lipinski definition) is 1. The normalized spacial score (nSPS) is 17.2. The summed E-state index contributed by atoms with van der Waals surface area (Å²) in [6, 6.07) is 8.72. The van der Waals surface area contributed by atoms with Gasteiger partial charge in [0.15, 0.2) is 0 Å². The Morgan fingerprint density at radius 3 is 2.73 bits per heavy atom. The third-order valence-electron chi connectivity index (χ3n) is 4.56. The smallest absolute Gasteiger partial charge is 0.278 e. The molecule has 3 heterocycles. The van der Waals surface area contributed by atoms with Gasteiger partial charge in [-0.1, -0.05) is 0 Å². The van der Waals surface area contributed by atoms with Crippen LogP contribution in [0.1, 0.15) is 12.8 Å². The average molecular weight is 350 g/mol. The molecule has 1 N–H and O–H groups in total. The fraction of sp³-hybridized carbons (Fsp3) is 0.278. The Balaban J connectivity index is 1.59. The molecule has 1 atom stereocenters. The van der Waals surface area contributed by atoms with Gasteiger partial charge in [-0.25, -0.2) is 9.97 Å². The topological polar surface area (TPSA) is 97.1 Å². The van der Waals surface area contributed by atoms with E-state index in [1.807, 2.05) is 0 Å². The molecule has 0 saturated carbocycles. The number of fused-ring (bicyclic) bond motifs is 1. The molecule has 0 amide bonds. The lowest BCUT2D eigenvalue weighted by Gasteiger charge is -2.33. The van der Waals surface area contributed by atoms with Gasteiger partial charge in [-0.3, -0.25) is 15.1 Å². The van der Waals surface area contributed by atoms with E-state index in [9.17, 15) is 10.1 Å². The van der Waals surface area contributed by atoms with Crippen LogP contribution in [0.5, 0.6) is 0 Å². The number of benzene rings is 1. The van der Waals surface area contributed by atoms with Crippen LogP contribution in [-0.4, -0.2) is 39.0 Å². The molecule has 4 rings (SSSR count). The van der Waals surface area contributed by atoms with Gasteiger partial charge in [0.1, 0.15) is 5.52 Å². The summed E-state index contributed by atoms with van der Waals surface area (Å²) in [5.74, 6) is 0.727. The Hall–Kier alpha value is -3.29. The number of non-ortho nitro benzene ring substituents is 1. The van der Waals surface area contributed by atoms with Crippen molar-refractivity contribution in [2.24, 2.45) is 0 Å². The molecule has 0 aliphatic carbocycles. The van der Waals surface area contributed by atoms with E-state index in [2.05, 4.69) is 25.2 Å². The summed E-state index contributed by atoms with van der Waals surface area (Å²) in [4.78, 5) is 26.0. The van der Waals surface area contributed by atoms with E-state index in [0.29, 0.717) is 10.9 Å². The van der Waals surface area contributed by atoms with Crippen molar-refractivity contribution in [3.8, 4) is 0 Å². The summed E-state index contributed by atoms with van der Waals surface area (Å²) in [6.45, 7) is 1.69. The highest BCUT2D eigenvalue weighted by molar-refractivity contribution is 5.96. The standard InChI is InChI=1S/C18H18N6O2/c25-24(26)16-7-6-15(17-14(16)5-1-8-19-17)22-13-4-2-11-23(12-13)18-20-9-3-10-21-18/h1,3,5-10,13,22H,2,4,11-12H2/t13-/m1/s1. The van der Waals surface area contributed by atoms with E-state index >= 15 is 0 Å². The molecule has 2 aromatic heterocycles. The zero-order valence-corrected chi connectivity index (χ0v) is 14.1. The highest BCUT2D eigenvalue weighted by Gasteiger charge is 2.23. The fourth-order valence-corrected chi connectivity index (χ4v) is 3.38. The lowest BCUT2D eigenvalue weighted by Crippen LogP contribution is -2.42.